The Morgan fingerprint density at radius 1 is 1.13 bits per heavy atom. The molecule has 0 bridgehead atoms. The van der Waals surface area contributed by atoms with E-state index in [0.29, 0.717) is 21.9 Å². The zero-order chi connectivity index (χ0) is 21.7. The van der Waals surface area contributed by atoms with Crippen LogP contribution in [0, 0.1) is 12.7 Å². The van der Waals surface area contributed by atoms with Gasteiger partial charge >= 0.3 is 0 Å². The van der Waals surface area contributed by atoms with Crippen molar-refractivity contribution in [1.29, 1.82) is 0 Å². The lowest BCUT2D eigenvalue weighted by Crippen LogP contribution is -2.04. The van der Waals surface area contributed by atoms with Crippen LogP contribution in [0.3, 0.4) is 0 Å². The summed E-state index contributed by atoms with van der Waals surface area (Å²) in [5.41, 5.74) is 9.42. The van der Waals surface area contributed by atoms with Crippen molar-refractivity contribution in [3.8, 4) is 0 Å². The van der Waals surface area contributed by atoms with Crippen molar-refractivity contribution < 1.29 is 4.39 Å². The van der Waals surface area contributed by atoms with Crippen LogP contribution >= 0.6 is 23.2 Å². The third-order valence-electron chi connectivity index (χ3n) is 5.84. The van der Waals surface area contributed by atoms with Crippen molar-refractivity contribution in [2.75, 3.05) is 5.73 Å². The standard InChI is InChI=1S/C23H20Cl2FN5/c1-12-28-21(25)16-6-7-31(23(16)29-12)15-5-4-13(8-15)2-3-14-9-19(26)17-11-18(24)22(27)30-20(17)10-14/h6-11,15H,2-5H2,1H3,(H2,27,30). The van der Waals surface area contributed by atoms with E-state index in [2.05, 4.69) is 25.6 Å². The fourth-order valence-electron chi connectivity index (χ4n) is 4.29. The van der Waals surface area contributed by atoms with Crippen LogP contribution in [0.5, 0.6) is 0 Å². The SMILES string of the molecule is Cc1nc(Cl)c2ccn(C3C=C(CCc4cc(F)c5cc(Cl)c(N)nc5c4)CC3)c2n1. The van der Waals surface area contributed by atoms with Gasteiger partial charge < -0.3 is 10.3 Å². The lowest BCUT2D eigenvalue weighted by Gasteiger charge is -2.11. The molecule has 1 unspecified atom stereocenters. The third kappa shape index (κ3) is 3.75. The molecule has 0 saturated carbocycles. The molecule has 0 aliphatic heterocycles. The van der Waals surface area contributed by atoms with Crippen molar-refractivity contribution in [3.63, 3.8) is 0 Å². The number of benzene rings is 1. The number of anilines is 1. The molecule has 5 nitrogen and oxygen atoms in total. The van der Waals surface area contributed by atoms with E-state index in [0.717, 1.165) is 42.3 Å². The molecular formula is C23H20Cl2FN5. The summed E-state index contributed by atoms with van der Waals surface area (Å²) in [6.07, 6.45) is 7.90. The molecule has 0 radical (unpaired) electrons. The number of aromatic nitrogens is 4. The number of hydrogen-bond acceptors (Lipinski definition) is 4. The lowest BCUT2D eigenvalue weighted by molar-refractivity contribution is 0.603. The number of nitrogens with zero attached hydrogens (tertiary/aromatic N) is 4. The second-order valence-corrected chi connectivity index (χ2v) is 8.72. The predicted octanol–water partition coefficient (Wildman–Crippen LogP) is 6.21. The molecule has 0 spiro atoms. The molecular weight excluding hydrogens is 436 g/mol. The first kappa shape index (κ1) is 20.2. The Bertz CT molecular complexity index is 1360. The molecule has 4 aromatic rings. The number of hydrogen-bond donors (Lipinski definition) is 1. The minimum atomic E-state index is -0.328. The van der Waals surface area contributed by atoms with Gasteiger partial charge in [0.25, 0.3) is 0 Å². The van der Waals surface area contributed by atoms with Crippen LogP contribution < -0.4 is 5.73 Å². The molecule has 1 aliphatic carbocycles. The maximum absolute atomic E-state index is 14.5. The summed E-state index contributed by atoms with van der Waals surface area (Å²) in [4.78, 5) is 13.0. The number of aryl methyl sites for hydroxylation is 2. The molecule has 3 heterocycles. The van der Waals surface area contributed by atoms with Crippen LogP contribution in [-0.4, -0.2) is 19.5 Å². The Kier molecular flexibility index (Phi) is 5.07. The van der Waals surface area contributed by atoms with Crippen LogP contribution in [0.1, 0.15) is 36.7 Å². The average molecular weight is 456 g/mol. The molecule has 31 heavy (non-hydrogen) atoms. The number of rotatable bonds is 4. The van der Waals surface area contributed by atoms with Gasteiger partial charge in [-0.1, -0.05) is 34.9 Å². The van der Waals surface area contributed by atoms with Gasteiger partial charge in [-0.05, 0) is 62.4 Å². The van der Waals surface area contributed by atoms with Gasteiger partial charge in [0.05, 0.1) is 22.0 Å². The van der Waals surface area contributed by atoms with Gasteiger partial charge in [0, 0.05) is 11.6 Å². The average Bonchev–Trinajstić information content (AvgIpc) is 3.35. The fraction of sp³-hybridized carbons (Fsp3) is 0.261. The third-order valence-corrected chi connectivity index (χ3v) is 6.43. The largest absolute Gasteiger partial charge is 0.382 e. The van der Waals surface area contributed by atoms with Gasteiger partial charge in [-0.25, -0.2) is 19.3 Å². The van der Waals surface area contributed by atoms with Crippen LogP contribution in [0.25, 0.3) is 21.9 Å². The monoisotopic (exact) mass is 455 g/mol. The number of allylic oxidation sites excluding steroid dienone is 2. The molecule has 2 N–H and O–H groups in total. The first-order valence-electron chi connectivity index (χ1n) is 10.1. The van der Waals surface area contributed by atoms with Crippen molar-refractivity contribution in [3.05, 3.63) is 69.5 Å². The second kappa shape index (κ2) is 7.77. The summed E-state index contributed by atoms with van der Waals surface area (Å²) in [6.45, 7) is 1.84. The zero-order valence-electron chi connectivity index (χ0n) is 16.9. The van der Waals surface area contributed by atoms with E-state index in [1.54, 1.807) is 6.07 Å². The molecule has 0 saturated heterocycles. The summed E-state index contributed by atoms with van der Waals surface area (Å²) < 4.78 is 16.7. The van der Waals surface area contributed by atoms with Gasteiger partial charge in [0.1, 0.15) is 28.3 Å². The van der Waals surface area contributed by atoms with E-state index in [4.69, 9.17) is 28.9 Å². The maximum atomic E-state index is 14.5. The van der Waals surface area contributed by atoms with Crippen molar-refractivity contribution >= 4 is 51.0 Å². The molecule has 3 aromatic heterocycles. The highest BCUT2D eigenvalue weighted by Gasteiger charge is 2.20. The number of nitrogens with two attached hydrogens (primary N) is 1. The highest BCUT2D eigenvalue weighted by molar-refractivity contribution is 6.34. The predicted molar refractivity (Wildman–Crippen MR) is 123 cm³/mol. The summed E-state index contributed by atoms with van der Waals surface area (Å²) in [5, 5.41) is 2.00. The number of halogens is 3. The Balaban J connectivity index is 1.36. The lowest BCUT2D eigenvalue weighted by atomic mass is 10.0. The van der Waals surface area contributed by atoms with Gasteiger partial charge in [0.2, 0.25) is 0 Å². The van der Waals surface area contributed by atoms with Gasteiger partial charge in [-0.2, -0.15) is 0 Å². The summed E-state index contributed by atoms with van der Waals surface area (Å²) >= 11 is 12.2. The summed E-state index contributed by atoms with van der Waals surface area (Å²) in [5.74, 6) is 0.546. The Labute approximate surface area is 188 Å². The van der Waals surface area contributed by atoms with Gasteiger partial charge in [-0.15, -0.1) is 0 Å². The second-order valence-electron chi connectivity index (χ2n) is 7.95. The topological polar surface area (TPSA) is 69.6 Å². The van der Waals surface area contributed by atoms with Gasteiger partial charge in [-0.3, -0.25) is 0 Å². The highest BCUT2D eigenvalue weighted by Crippen LogP contribution is 2.34. The van der Waals surface area contributed by atoms with Gasteiger partial charge in [0.15, 0.2) is 0 Å². The van der Waals surface area contributed by atoms with Crippen LogP contribution in [0.2, 0.25) is 10.2 Å². The quantitative estimate of drug-likeness (QED) is 0.293. The van der Waals surface area contributed by atoms with Crippen LogP contribution in [-0.2, 0) is 6.42 Å². The Morgan fingerprint density at radius 2 is 1.97 bits per heavy atom. The smallest absolute Gasteiger partial charge is 0.145 e. The molecule has 8 heteroatoms. The molecule has 5 rings (SSSR count). The molecule has 1 atom stereocenters. The Morgan fingerprint density at radius 3 is 2.81 bits per heavy atom. The van der Waals surface area contributed by atoms with Crippen LogP contribution in [0.15, 0.2) is 42.1 Å². The van der Waals surface area contributed by atoms with Crippen molar-refractivity contribution in [1.82, 2.24) is 19.5 Å². The summed E-state index contributed by atoms with van der Waals surface area (Å²) in [7, 11) is 0. The van der Waals surface area contributed by atoms with Crippen molar-refractivity contribution in [2.24, 2.45) is 0 Å². The molecule has 0 amide bonds. The number of nitrogen functional groups attached to an aromatic ring is 1. The van der Waals surface area contributed by atoms with E-state index in [-0.39, 0.29) is 22.7 Å². The highest BCUT2D eigenvalue weighted by atomic mass is 35.5. The number of fused-ring (bicyclic) bond motifs is 2. The minimum absolute atomic E-state index is 0.213. The first-order chi connectivity index (χ1) is 14.9. The molecule has 1 aromatic carbocycles. The van der Waals surface area contributed by atoms with Crippen LogP contribution in [0.4, 0.5) is 10.2 Å². The minimum Gasteiger partial charge on any atom is -0.382 e. The van der Waals surface area contributed by atoms with E-state index >= 15 is 0 Å². The fourth-order valence-corrected chi connectivity index (χ4v) is 4.71. The normalized spacial score (nSPS) is 16.4. The first-order valence-corrected chi connectivity index (χ1v) is 10.9. The van der Waals surface area contributed by atoms with Crippen molar-refractivity contribution in [2.45, 2.75) is 38.6 Å². The van der Waals surface area contributed by atoms with E-state index in [1.807, 2.05) is 25.3 Å². The molecule has 1 aliphatic rings. The number of pyridine rings is 1. The van der Waals surface area contributed by atoms with E-state index < -0.39 is 0 Å². The molecule has 158 valence electrons. The maximum Gasteiger partial charge on any atom is 0.145 e. The summed E-state index contributed by atoms with van der Waals surface area (Å²) in [6, 6.07) is 7.17. The molecule has 0 fully saturated rings. The van der Waals surface area contributed by atoms with E-state index in [1.165, 1.54) is 11.6 Å². The Hall–Kier alpha value is -2.70. The zero-order valence-corrected chi connectivity index (χ0v) is 18.4. The van der Waals surface area contributed by atoms with E-state index in [9.17, 15) is 4.39 Å².